The number of rotatable bonds is 9. The molecule has 1 aromatic carbocycles. The minimum atomic E-state index is -0.0965. The van der Waals surface area contributed by atoms with E-state index < -0.39 is 0 Å². The van der Waals surface area contributed by atoms with Crippen LogP contribution in [0, 0.1) is 13.8 Å². The summed E-state index contributed by atoms with van der Waals surface area (Å²) in [7, 11) is 0. The molecule has 0 spiro atoms. The summed E-state index contributed by atoms with van der Waals surface area (Å²) in [5.41, 5.74) is 2.35. The summed E-state index contributed by atoms with van der Waals surface area (Å²) in [4.78, 5) is 11.9. The van der Waals surface area contributed by atoms with Crippen LogP contribution in [0.25, 0.3) is 0 Å². The number of carbonyl (C=O) groups is 1. The van der Waals surface area contributed by atoms with Gasteiger partial charge in [0.25, 0.3) is 0 Å². The number of amides is 1. The van der Waals surface area contributed by atoms with E-state index in [0.29, 0.717) is 12.4 Å². The molecule has 1 amide bonds. The van der Waals surface area contributed by atoms with Crippen molar-refractivity contribution in [3.8, 4) is 5.75 Å². The van der Waals surface area contributed by atoms with Gasteiger partial charge in [-0.05, 0) is 62.3 Å². The fourth-order valence-corrected chi connectivity index (χ4v) is 3.00. The van der Waals surface area contributed by atoms with Crippen molar-refractivity contribution < 1.29 is 13.9 Å². The molecule has 1 heterocycles. The van der Waals surface area contributed by atoms with Crippen LogP contribution in [-0.4, -0.2) is 24.0 Å². The summed E-state index contributed by atoms with van der Waals surface area (Å²) in [6.45, 7) is 6.69. The predicted molar refractivity (Wildman–Crippen MR) is 98.6 cm³/mol. The van der Waals surface area contributed by atoms with Gasteiger partial charge in [0.2, 0.25) is 5.91 Å². The molecule has 0 saturated carbocycles. The van der Waals surface area contributed by atoms with Gasteiger partial charge in [-0.2, -0.15) is 11.8 Å². The van der Waals surface area contributed by atoms with Crippen LogP contribution < -0.4 is 10.1 Å². The first-order valence-electron chi connectivity index (χ1n) is 8.17. The number of hydrogen-bond donors (Lipinski definition) is 1. The van der Waals surface area contributed by atoms with Gasteiger partial charge in [-0.15, -0.1) is 0 Å². The number of thioether (sulfide) groups is 1. The summed E-state index contributed by atoms with van der Waals surface area (Å²) in [6.07, 6.45) is 2.53. The van der Waals surface area contributed by atoms with Gasteiger partial charge in [0.15, 0.2) is 0 Å². The molecule has 0 aliphatic rings. The molecule has 0 bridgehead atoms. The molecule has 1 aromatic heterocycles. The van der Waals surface area contributed by atoms with Crippen molar-refractivity contribution in [3.05, 3.63) is 53.5 Å². The lowest BCUT2D eigenvalue weighted by Gasteiger charge is -2.11. The van der Waals surface area contributed by atoms with Crippen LogP contribution >= 0.6 is 11.8 Å². The van der Waals surface area contributed by atoms with Crippen LogP contribution in [-0.2, 0) is 4.79 Å². The Kier molecular flexibility index (Phi) is 7.25. The van der Waals surface area contributed by atoms with Crippen LogP contribution in [0.15, 0.2) is 41.0 Å². The molecule has 1 unspecified atom stereocenters. The largest absolute Gasteiger partial charge is 0.493 e. The first-order chi connectivity index (χ1) is 11.6. The zero-order chi connectivity index (χ0) is 17.4. The third kappa shape index (κ3) is 5.96. The van der Waals surface area contributed by atoms with Crippen LogP contribution in [0.3, 0.4) is 0 Å². The van der Waals surface area contributed by atoms with E-state index in [1.54, 1.807) is 18.0 Å². The highest BCUT2D eigenvalue weighted by molar-refractivity contribution is 7.99. The fraction of sp³-hybridized carbons (Fsp3) is 0.421. The smallest absolute Gasteiger partial charge is 0.230 e. The maximum atomic E-state index is 11.9. The number of nitrogens with one attached hydrogen (secondary N) is 1. The molecule has 0 saturated heterocycles. The second-order valence-corrected chi connectivity index (χ2v) is 6.93. The summed E-state index contributed by atoms with van der Waals surface area (Å²) < 4.78 is 11.1. The summed E-state index contributed by atoms with van der Waals surface area (Å²) in [5.74, 6) is 3.10. The lowest BCUT2D eigenvalue weighted by Crippen LogP contribution is -2.28. The molecular weight excluding hydrogens is 322 g/mol. The molecule has 1 atom stereocenters. The third-order valence-corrected chi connectivity index (χ3v) is 4.66. The molecule has 0 fully saturated rings. The molecule has 24 heavy (non-hydrogen) atoms. The fourth-order valence-electron chi connectivity index (χ4n) is 2.26. The molecule has 5 heteroatoms. The number of carbonyl (C=O) groups excluding carboxylic acids is 1. The lowest BCUT2D eigenvalue weighted by molar-refractivity contribution is -0.119. The molecule has 1 N–H and O–H groups in total. The highest BCUT2D eigenvalue weighted by atomic mass is 32.2. The average molecular weight is 347 g/mol. The Hall–Kier alpha value is -1.88. The zero-order valence-corrected chi connectivity index (χ0v) is 15.3. The van der Waals surface area contributed by atoms with E-state index in [-0.39, 0.29) is 11.9 Å². The number of benzene rings is 1. The SMILES string of the molecule is Cc1ccc(C)c(OCCCSCC(=O)NC(C)c2ccco2)c1. The topological polar surface area (TPSA) is 51.5 Å². The molecule has 2 aromatic rings. The summed E-state index contributed by atoms with van der Waals surface area (Å²) >= 11 is 1.62. The molecule has 2 rings (SSSR count). The van der Waals surface area contributed by atoms with Gasteiger partial charge < -0.3 is 14.5 Å². The maximum absolute atomic E-state index is 11.9. The second kappa shape index (κ2) is 9.42. The van der Waals surface area contributed by atoms with E-state index >= 15 is 0 Å². The monoisotopic (exact) mass is 347 g/mol. The van der Waals surface area contributed by atoms with Crippen molar-refractivity contribution in [2.45, 2.75) is 33.2 Å². The van der Waals surface area contributed by atoms with Crippen molar-refractivity contribution in [1.82, 2.24) is 5.32 Å². The minimum absolute atomic E-state index is 0.0272. The molecule has 0 aliphatic heterocycles. The summed E-state index contributed by atoms with van der Waals surface area (Å²) in [6, 6.07) is 9.81. The standard InChI is InChI=1S/C19H25NO3S/c1-14-7-8-15(2)18(12-14)23-10-5-11-24-13-19(21)20-16(3)17-6-4-9-22-17/h4,6-9,12,16H,5,10-11,13H2,1-3H3,(H,20,21). The van der Waals surface area contributed by atoms with Crippen LogP contribution in [0.2, 0.25) is 0 Å². The van der Waals surface area contributed by atoms with Crippen molar-refractivity contribution in [1.29, 1.82) is 0 Å². The Morgan fingerprint density at radius 2 is 2.17 bits per heavy atom. The average Bonchev–Trinajstić information content (AvgIpc) is 3.08. The van der Waals surface area contributed by atoms with Gasteiger partial charge in [-0.25, -0.2) is 0 Å². The molecule has 4 nitrogen and oxygen atoms in total. The predicted octanol–water partition coefficient (Wildman–Crippen LogP) is 4.28. The Morgan fingerprint density at radius 3 is 2.92 bits per heavy atom. The van der Waals surface area contributed by atoms with E-state index in [0.717, 1.165) is 29.2 Å². The van der Waals surface area contributed by atoms with E-state index in [9.17, 15) is 4.79 Å². The second-order valence-electron chi connectivity index (χ2n) is 5.83. The van der Waals surface area contributed by atoms with Crippen LogP contribution in [0.4, 0.5) is 0 Å². The van der Waals surface area contributed by atoms with Gasteiger partial charge in [-0.1, -0.05) is 12.1 Å². The van der Waals surface area contributed by atoms with Crippen molar-refractivity contribution in [3.63, 3.8) is 0 Å². The minimum Gasteiger partial charge on any atom is -0.493 e. The first kappa shape index (κ1) is 18.5. The molecule has 130 valence electrons. The zero-order valence-electron chi connectivity index (χ0n) is 14.5. The quantitative estimate of drug-likeness (QED) is 0.688. The van der Waals surface area contributed by atoms with E-state index in [1.807, 2.05) is 26.0 Å². The van der Waals surface area contributed by atoms with Crippen LogP contribution in [0.5, 0.6) is 5.75 Å². The number of aryl methyl sites for hydroxylation is 2. The van der Waals surface area contributed by atoms with Gasteiger partial charge in [0.05, 0.1) is 24.7 Å². The number of furan rings is 1. The number of hydrogen-bond acceptors (Lipinski definition) is 4. The molecule has 0 aliphatic carbocycles. The Morgan fingerprint density at radius 1 is 1.33 bits per heavy atom. The Balaban J connectivity index is 1.58. The lowest BCUT2D eigenvalue weighted by atomic mass is 10.1. The Bertz CT molecular complexity index is 640. The van der Waals surface area contributed by atoms with Crippen molar-refractivity contribution >= 4 is 17.7 Å². The van der Waals surface area contributed by atoms with Gasteiger partial charge in [-0.3, -0.25) is 4.79 Å². The van der Waals surface area contributed by atoms with Gasteiger partial charge in [0, 0.05) is 0 Å². The van der Waals surface area contributed by atoms with Crippen LogP contribution in [0.1, 0.15) is 36.3 Å². The summed E-state index contributed by atoms with van der Waals surface area (Å²) in [5, 5.41) is 2.93. The number of ether oxygens (including phenoxy) is 1. The van der Waals surface area contributed by atoms with Gasteiger partial charge in [0.1, 0.15) is 11.5 Å². The van der Waals surface area contributed by atoms with Crippen molar-refractivity contribution in [2.24, 2.45) is 0 Å². The normalized spacial score (nSPS) is 12.0. The third-order valence-electron chi connectivity index (χ3n) is 3.61. The van der Waals surface area contributed by atoms with E-state index in [1.165, 1.54) is 5.56 Å². The molecular formula is C19H25NO3S. The van der Waals surface area contributed by atoms with Gasteiger partial charge >= 0.3 is 0 Å². The first-order valence-corrected chi connectivity index (χ1v) is 9.32. The Labute approximate surface area is 148 Å². The van der Waals surface area contributed by atoms with E-state index in [2.05, 4.69) is 30.4 Å². The van der Waals surface area contributed by atoms with E-state index in [4.69, 9.17) is 9.15 Å². The molecule has 0 radical (unpaired) electrons. The highest BCUT2D eigenvalue weighted by Gasteiger charge is 2.11. The van der Waals surface area contributed by atoms with Crippen molar-refractivity contribution in [2.75, 3.05) is 18.1 Å². The maximum Gasteiger partial charge on any atom is 0.230 e. The highest BCUT2D eigenvalue weighted by Crippen LogP contribution is 2.19.